The number of hydrogen-bond acceptors (Lipinski definition) is 1. The average Bonchev–Trinajstić information content (AvgIpc) is 2.04. The van der Waals surface area contributed by atoms with E-state index < -0.39 is 0 Å². The van der Waals surface area contributed by atoms with E-state index in [0.29, 0.717) is 0 Å². The second kappa shape index (κ2) is 4.65. The summed E-state index contributed by atoms with van der Waals surface area (Å²) in [5.41, 5.74) is 2.07. The van der Waals surface area contributed by atoms with E-state index in [4.69, 9.17) is 0 Å². The predicted octanol–water partition coefficient (Wildman–Crippen LogP) is 2.41. The molecule has 1 aromatic rings. The van der Waals surface area contributed by atoms with Gasteiger partial charge in [0.2, 0.25) is 5.91 Å². The zero-order valence-electron chi connectivity index (χ0n) is 7.84. The molecule has 2 nitrogen and oxygen atoms in total. The fourth-order valence-corrected chi connectivity index (χ4v) is 1.21. The van der Waals surface area contributed by atoms with Gasteiger partial charge in [0.1, 0.15) is 0 Å². The van der Waals surface area contributed by atoms with Crippen molar-refractivity contribution in [2.75, 3.05) is 5.32 Å². The van der Waals surface area contributed by atoms with E-state index in [1.54, 1.807) is 0 Å². The van der Waals surface area contributed by atoms with Crippen LogP contribution in [0.3, 0.4) is 0 Å². The Morgan fingerprint density at radius 3 is 2.92 bits per heavy atom. The van der Waals surface area contributed by atoms with Crippen molar-refractivity contribution in [3.8, 4) is 0 Å². The summed E-state index contributed by atoms with van der Waals surface area (Å²) < 4.78 is 0. The summed E-state index contributed by atoms with van der Waals surface area (Å²) in [4.78, 5) is 10.8. The van der Waals surface area contributed by atoms with E-state index in [2.05, 4.69) is 12.2 Å². The van der Waals surface area contributed by atoms with Gasteiger partial charge in [-0.3, -0.25) is 4.79 Å². The van der Waals surface area contributed by atoms with Crippen molar-refractivity contribution in [2.24, 2.45) is 0 Å². The Morgan fingerprint density at radius 2 is 2.31 bits per heavy atom. The van der Waals surface area contributed by atoms with E-state index in [1.807, 2.05) is 24.3 Å². The van der Waals surface area contributed by atoms with Gasteiger partial charge in [0.25, 0.3) is 0 Å². The van der Waals surface area contributed by atoms with Crippen LogP contribution in [0.15, 0.2) is 24.3 Å². The van der Waals surface area contributed by atoms with E-state index >= 15 is 0 Å². The largest absolute Gasteiger partial charge is 0.326 e. The molecule has 1 aromatic carbocycles. The van der Waals surface area contributed by atoms with Crippen molar-refractivity contribution in [1.82, 2.24) is 0 Å². The van der Waals surface area contributed by atoms with Crippen LogP contribution in [0.25, 0.3) is 0 Å². The predicted molar refractivity (Wildman–Crippen MR) is 54.4 cm³/mol. The molecule has 1 radical (unpaired) electrons. The van der Waals surface area contributed by atoms with Gasteiger partial charge < -0.3 is 5.32 Å². The van der Waals surface area contributed by atoms with Crippen LogP contribution in [-0.4, -0.2) is 5.91 Å². The zero-order chi connectivity index (χ0) is 9.68. The lowest BCUT2D eigenvalue weighted by molar-refractivity contribution is -0.114. The lowest BCUT2D eigenvalue weighted by atomic mass is 10.1. The van der Waals surface area contributed by atoms with Crippen molar-refractivity contribution >= 4 is 11.6 Å². The molecule has 13 heavy (non-hydrogen) atoms. The minimum absolute atomic E-state index is 0.0354. The third kappa shape index (κ3) is 3.28. The third-order valence-corrected chi connectivity index (χ3v) is 1.71. The van der Waals surface area contributed by atoms with Crippen LogP contribution in [0.2, 0.25) is 0 Å². The first kappa shape index (κ1) is 9.78. The summed E-state index contributed by atoms with van der Waals surface area (Å²) in [6.07, 6.45) is 1.83. The Hall–Kier alpha value is -1.31. The monoisotopic (exact) mass is 176 g/mol. The number of nitrogens with one attached hydrogen (secondary N) is 1. The summed E-state index contributed by atoms with van der Waals surface area (Å²) in [7, 11) is 0. The molecule has 0 saturated carbocycles. The zero-order valence-corrected chi connectivity index (χ0v) is 7.84. The minimum Gasteiger partial charge on any atom is -0.326 e. The molecule has 0 fully saturated rings. The second-order valence-corrected chi connectivity index (χ2v) is 2.99. The second-order valence-electron chi connectivity index (χ2n) is 2.99. The number of rotatable bonds is 3. The highest BCUT2D eigenvalue weighted by Gasteiger charge is 1.96. The highest BCUT2D eigenvalue weighted by Crippen LogP contribution is 2.11. The summed E-state index contributed by atoms with van der Waals surface area (Å²) in [6.45, 7) is 5.29. The summed E-state index contributed by atoms with van der Waals surface area (Å²) in [5.74, 6) is -0.0354. The van der Waals surface area contributed by atoms with Crippen LogP contribution in [0.1, 0.15) is 18.9 Å². The van der Waals surface area contributed by atoms with Crippen molar-refractivity contribution in [3.05, 3.63) is 36.8 Å². The topological polar surface area (TPSA) is 29.1 Å². The normalized spacial score (nSPS) is 9.69. The van der Waals surface area contributed by atoms with Gasteiger partial charge in [0, 0.05) is 12.6 Å². The Balaban J connectivity index is 2.73. The maximum absolute atomic E-state index is 10.8. The first-order valence-corrected chi connectivity index (χ1v) is 4.38. The first-order valence-electron chi connectivity index (χ1n) is 4.38. The molecule has 0 aliphatic rings. The van der Waals surface area contributed by atoms with Gasteiger partial charge in [-0.05, 0) is 30.5 Å². The van der Waals surface area contributed by atoms with Crippen molar-refractivity contribution in [1.29, 1.82) is 0 Å². The molecule has 1 N–H and O–H groups in total. The summed E-state index contributed by atoms with van der Waals surface area (Å²) >= 11 is 0. The molecule has 69 valence electrons. The van der Waals surface area contributed by atoms with Crippen LogP contribution in [0, 0.1) is 6.92 Å². The molecule has 0 aliphatic heterocycles. The van der Waals surface area contributed by atoms with E-state index in [0.717, 1.165) is 18.5 Å². The molecular formula is C11H14NO. The quantitative estimate of drug-likeness (QED) is 0.752. The number of carbonyl (C=O) groups excluding carboxylic acids is 1. The van der Waals surface area contributed by atoms with Gasteiger partial charge in [-0.1, -0.05) is 19.1 Å². The Morgan fingerprint density at radius 1 is 1.54 bits per heavy atom. The van der Waals surface area contributed by atoms with Gasteiger partial charge in [-0.2, -0.15) is 0 Å². The minimum atomic E-state index is -0.0354. The van der Waals surface area contributed by atoms with Gasteiger partial charge >= 0.3 is 0 Å². The van der Waals surface area contributed by atoms with Crippen LogP contribution < -0.4 is 5.32 Å². The van der Waals surface area contributed by atoms with E-state index in [9.17, 15) is 4.79 Å². The Bertz CT molecular complexity index is 294. The molecule has 1 rings (SSSR count). The molecule has 0 unspecified atom stereocenters. The maximum atomic E-state index is 10.8. The Kier molecular flexibility index (Phi) is 3.50. The highest BCUT2D eigenvalue weighted by molar-refractivity contribution is 5.88. The molecule has 1 amide bonds. The van der Waals surface area contributed by atoms with Crippen molar-refractivity contribution in [2.45, 2.75) is 19.8 Å². The summed E-state index contributed by atoms with van der Waals surface area (Å²) in [5, 5.41) is 2.74. The van der Waals surface area contributed by atoms with Crippen LogP contribution >= 0.6 is 0 Å². The lowest BCUT2D eigenvalue weighted by Crippen LogP contribution is -2.05. The molecule has 2 heteroatoms. The molecule has 0 spiro atoms. The van der Waals surface area contributed by atoms with Gasteiger partial charge in [0.05, 0.1) is 0 Å². The molecular weight excluding hydrogens is 162 g/mol. The third-order valence-electron chi connectivity index (χ3n) is 1.71. The van der Waals surface area contributed by atoms with Crippen molar-refractivity contribution < 1.29 is 4.79 Å². The smallest absolute Gasteiger partial charge is 0.221 e. The SMILES string of the molecule is [CH2]CCc1cccc(NC(C)=O)c1. The molecule has 0 heterocycles. The highest BCUT2D eigenvalue weighted by atomic mass is 16.1. The number of anilines is 1. The maximum Gasteiger partial charge on any atom is 0.221 e. The Labute approximate surface area is 79.0 Å². The van der Waals surface area contributed by atoms with E-state index in [-0.39, 0.29) is 5.91 Å². The fourth-order valence-electron chi connectivity index (χ4n) is 1.21. The number of hydrogen-bond donors (Lipinski definition) is 1. The molecule has 0 aromatic heterocycles. The molecule has 0 bridgehead atoms. The molecule has 0 atom stereocenters. The summed E-state index contributed by atoms with van der Waals surface area (Å²) in [6, 6.07) is 7.84. The first-order chi connectivity index (χ1) is 6.22. The van der Waals surface area contributed by atoms with E-state index in [1.165, 1.54) is 12.5 Å². The van der Waals surface area contributed by atoms with Crippen LogP contribution in [0.5, 0.6) is 0 Å². The van der Waals surface area contributed by atoms with Gasteiger partial charge in [0.15, 0.2) is 0 Å². The number of amides is 1. The van der Waals surface area contributed by atoms with Gasteiger partial charge in [-0.15, -0.1) is 0 Å². The number of carbonyl (C=O) groups is 1. The standard InChI is InChI=1S/C11H14NO/c1-3-5-10-6-4-7-11(8-10)12-9(2)13/h4,6-8H,1,3,5H2,2H3,(H,12,13). The fraction of sp³-hybridized carbons (Fsp3) is 0.273. The van der Waals surface area contributed by atoms with Crippen LogP contribution in [-0.2, 0) is 11.2 Å². The van der Waals surface area contributed by atoms with Crippen molar-refractivity contribution in [3.63, 3.8) is 0 Å². The van der Waals surface area contributed by atoms with Crippen LogP contribution in [0.4, 0.5) is 5.69 Å². The average molecular weight is 176 g/mol. The molecule has 0 saturated heterocycles. The number of aryl methyl sites for hydroxylation is 1. The number of benzene rings is 1. The lowest BCUT2D eigenvalue weighted by Gasteiger charge is -2.04. The van der Waals surface area contributed by atoms with Gasteiger partial charge in [-0.25, -0.2) is 0 Å². The molecule has 0 aliphatic carbocycles.